The van der Waals surface area contributed by atoms with Crippen molar-refractivity contribution >= 4 is 34.1 Å². The van der Waals surface area contributed by atoms with Gasteiger partial charge in [0.1, 0.15) is 5.82 Å². The summed E-state index contributed by atoms with van der Waals surface area (Å²) in [7, 11) is 1.86. The molecule has 0 radical (unpaired) electrons. The maximum Gasteiger partial charge on any atom is 0.247 e. The number of hydrogen-bond donors (Lipinski definition) is 2. The number of aryl methyl sites for hydroxylation is 1. The van der Waals surface area contributed by atoms with Gasteiger partial charge in [-0.1, -0.05) is 18.7 Å². The summed E-state index contributed by atoms with van der Waals surface area (Å²) in [6.07, 6.45) is 6.68. The summed E-state index contributed by atoms with van der Waals surface area (Å²) in [5, 5.41) is 15.7. The van der Waals surface area contributed by atoms with E-state index < -0.39 is 0 Å². The van der Waals surface area contributed by atoms with Crippen molar-refractivity contribution < 1.29 is 4.79 Å². The number of pyridine rings is 1. The monoisotopic (exact) mass is 373 g/mol. The highest BCUT2D eigenvalue weighted by Gasteiger charge is 2.08. The third kappa shape index (κ3) is 3.75. The van der Waals surface area contributed by atoms with Crippen molar-refractivity contribution in [3.05, 3.63) is 73.2 Å². The molecule has 2 N–H and O–H groups in total. The molecule has 28 heavy (non-hydrogen) atoms. The molecule has 8 heteroatoms. The SMILES string of the molecule is C=CC(=O)Nc1cccc(Cn2ncc3cnc(Nc4ccn(C)n4)cc32)c1. The second-order valence-electron chi connectivity index (χ2n) is 6.32. The van der Waals surface area contributed by atoms with Gasteiger partial charge in [0.05, 0.1) is 18.3 Å². The summed E-state index contributed by atoms with van der Waals surface area (Å²) in [6.45, 7) is 4.03. The van der Waals surface area contributed by atoms with Crippen LogP contribution in [-0.2, 0) is 18.4 Å². The lowest BCUT2D eigenvalue weighted by molar-refractivity contribution is -0.111. The summed E-state index contributed by atoms with van der Waals surface area (Å²) < 4.78 is 3.62. The van der Waals surface area contributed by atoms with Crippen LogP contribution in [0, 0.1) is 0 Å². The number of carbonyl (C=O) groups excluding carboxylic acids is 1. The van der Waals surface area contributed by atoms with Crippen LogP contribution >= 0.6 is 0 Å². The van der Waals surface area contributed by atoms with Crippen LogP contribution < -0.4 is 10.6 Å². The first-order valence-corrected chi connectivity index (χ1v) is 8.71. The Morgan fingerprint density at radius 3 is 2.89 bits per heavy atom. The number of rotatable bonds is 6. The molecule has 0 aliphatic heterocycles. The van der Waals surface area contributed by atoms with E-state index >= 15 is 0 Å². The number of amides is 1. The molecule has 1 amide bonds. The minimum atomic E-state index is -0.238. The Morgan fingerprint density at radius 1 is 1.21 bits per heavy atom. The minimum absolute atomic E-state index is 0.238. The molecule has 0 aliphatic rings. The number of fused-ring (bicyclic) bond motifs is 1. The quantitative estimate of drug-likeness (QED) is 0.507. The average Bonchev–Trinajstić information content (AvgIpc) is 3.28. The third-order valence-electron chi connectivity index (χ3n) is 4.21. The van der Waals surface area contributed by atoms with Gasteiger partial charge < -0.3 is 10.6 Å². The summed E-state index contributed by atoms with van der Waals surface area (Å²) in [6, 6.07) is 11.5. The highest BCUT2D eigenvalue weighted by molar-refractivity contribution is 5.98. The van der Waals surface area contributed by atoms with Gasteiger partial charge >= 0.3 is 0 Å². The van der Waals surface area contributed by atoms with Crippen molar-refractivity contribution in [1.29, 1.82) is 0 Å². The van der Waals surface area contributed by atoms with E-state index in [1.165, 1.54) is 6.08 Å². The third-order valence-corrected chi connectivity index (χ3v) is 4.21. The van der Waals surface area contributed by atoms with Crippen LogP contribution in [0.2, 0.25) is 0 Å². The topological polar surface area (TPSA) is 89.7 Å². The number of anilines is 3. The van der Waals surface area contributed by atoms with Gasteiger partial charge in [-0.15, -0.1) is 0 Å². The van der Waals surface area contributed by atoms with Gasteiger partial charge in [0, 0.05) is 42.6 Å². The van der Waals surface area contributed by atoms with Crippen LogP contribution in [0.3, 0.4) is 0 Å². The number of nitrogens with one attached hydrogen (secondary N) is 2. The van der Waals surface area contributed by atoms with Gasteiger partial charge in [-0.05, 0) is 23.8 Å². The first-order chi connectivity index (χ1) is 13.6. The zero-order valence-electron chi connectivity index (χ0n) is 15.3. The van der Waals surface area contributed by atoms with Crippen LogP contribution in [0.15, 0.2) is 67.6 Å². The summed E-state index contributed by atoms with van der Waals surface area (Å²) in [5.41, 5.74) is 2.69. The van der Waals surface area contributed by atoms with Crippen LogP contribution in [0.25, 0.3) is 10.9 Å². The zero-order chi connectivity index (χ0) is 19.5. The van der Waals surface area contributed by atoms with Crippen LogP contribution in [0.5, 0.6) is 0 Å². The second-order valence-corrected chi connectivity index (χ2v) is 6.32. The second kappa shape index (κ2) is 7.36. The van der Waals surface area contributed by atoms with Crippen molar-refractivity contribution in [2.45, 2.75) is 6.54 Å². The van der Waals surface area contributed by atoms with Crippen molar-refractivity contribution in [1.82, 2.24) is 24.5 Å². The molecule has 3 heterocycles. The highest BCUT2D eigenvalue weighted by Crippen LogP contribution is 2.20. The molecule has 4 rings (SSSR count). The Hall–Kier alpha value is -3.94. The first-order valence-electron chi connectivity index (χ1n) is 8.71. The number of benzene rings is 1. The van der Waals surface area contributed by atoms with Gasteiger partial charge in [-0.2, -0.15) is 10.2 Å². The molecule has 0 atom stereocenters. The van der Waals surface area contributed by atoms with E-state index in [1.54, 1.807) is 17.1 Å². The Labute approximate surface area is 161 Å². The summed E-state index contributed by atoms with van der Waals surface area (Å²) in [5.74, 6) is 1.18. The standard InChI is InChI=1S/C20H19N7O/c1-3-20(28)23-16-6-4-5-14(9-16)13-27-17-10-19(21-11-15(17)12-22-27)24-18-7-8-26(2)25-18/h3-12H,1,13H2,2H3,(H,23,28)(H,21,24,25). The maximum atomic E-state index is 11.5. The van der Waals surface area contributed by atoms with Gasteiger partial charge in [0.15, 0.2) is 5.82 Å². The molecule has 0 fully saturated rings. The molecule has 0 unspecified atom stereocenters. The smallest absolute Gasteiger partial charge is 0.247 e. The normalized spacial score (nSPS) is 10.8. The number of carbonyl (C=O) groups is 1. The van der Waals surface area contributed by atoms with Crippen molar-refractivity contribution in [2.75, 3.05) is 10.6 Å². The van der Waals surface area contributed by atoms with Gasteiger partial charge in [-0.25, -0.2) is 4.98 Å². The molecule has 8 nitrogen and oxygen atoms in total. The van der Waals surface area contributed by atoms with Crippen molar-refractivity contribution in [3.8, 4) is 0 Å². The Kier molecular flexibility index (Phi) is 4.59. The van der Waals surface area contributed by atoms with E-state index in [-0.39, 0.29) is 5.91 Å². The molecule has 4 aromatic rings. The molecule has 0 saturated heterocycles. The fourth-order valence-electron chi connectivity index (χ4n) is 2.89. The van der Waals surface area contributed by atoms with Gasteiger partial charge in [0.25, 0.3) is 0 Å². The van der Waals surface area contributed by atoms with Crippen molar-refractivity contribution in [3.63, 3.8) is 0 Å². The van der Waals surface area contributed by atoms with E-state index in [4.69, 9.17) is 0 Å². The lowest BCUT2D eigenvalue weighted by Crippen LogP contribution is -2.08. The Morgan fingerprint density at radius 2 is 2.11 bits per heavy atom. The minimum Gasteiger partial charge on any atom is -0.323 e. The molecular formula is C20H19N7O. The van der Waals surface area contributed by atoms with Crippen LogP contribution in [0.1, 0.15) is 5.56 Å². The number of nitrogens with zero attached hydrogens (tertiary/aromatic N) is 5. The highest BCUT2D eigenvalue weighted by atomic mass is 16.1. The molecular weight excluding hydrogens is 354 g/mol. The molecule has 0 spiro atoms. The largest absolute Gasteiger partial charge is 0.323 e. The van der Waals surface area contributed by atoms with Crippen LogP contribution in [0.4, 0.5) is 17.3 Å². The molecule has 140 valence electrons. The van der Waals surface area contributed by atoms with E-state index in [0.29, 0.717) is 12.4 Å². The lowest BCUT2D eigenvalue weighted by Gasteiger charge is -2.08. The van der Waals surface area contributed by atoms with Gasteiger partial charge in [0.2, 0.25) is 5.91 Å². The van der Waals surface area contributed by atoms with E-state index in [1.807, 2.05) is 54.3 Å². The van der Waals surface area contributed by atoms with Crippen LogP contribution in [-0.4, -0.2) is 30.5 Å². The summed E-state index contributed by atoms with van der Waals surface area (Å²) in [4.78, 5) is 15.9. The van der Waals surface area contributed by atoms with E-state index in [0.717, 1.165) is 28.0 Å². The Balaban J connectivity index is 1.58. The summed E-state index contributed by atoms with van der Waals surface area (Å²) >= 11 is 0. The lowest BCUT2D eigenvalue weighted by atomic mass is 10.2. The Bertz CT molecular complexity index is 1160. The van der Waals surface area contributed by atoms with Crippen molar-refractivity contribution in [2.24, 2.45) is 7.05 Å². The fourth-order valence-corrected chi connectivity index (χ4v) is 2.89. The molecule has 0 bridgehead atoms. The molecule has 0 saturated carbocycles. The zero-order valence-corrected chi connectivity index (χ0v) is 15.3. The molecule has 0 aliphatic carbocycles. The predicted octanol–water partition coefficient (Wildman–Crippen LogP) is 3.08. The average molecular weight is 373 g/mol. The molecule has 1 aromatic carbocycles. The maximum absolute atomic E-state index is 11.5. The fraction of sp³-hybridized carbons (Fsp3) is 0.100. The predicted molar refractivity (Wildman–Crippen MR) is 108 cm³/mol. The van der Waals surface area contributed by atoms with Gasteiger partial charge in [-0.3, -0.25) is 14.2 Å². The van der Waals surface area contributed by atoms with E-state index in [2.05, 4.69) is 32.4 Å². The number of hydrogen-bond acceptors (Lipinski definition) is 5. The van der Waals surface area contributed by atoms with E-state index in [9.17, 15) is 4.79 Å². The first kappa shape index (κ1) is 17.5. The molecule has 3 aromatic heterocycles. The number of aromatic nitrogens is 5.